The number of rotatable bonds is 2. The van der Waals surface area contributed by atoms with E-state index in [1.165, 1.54) is 0 Å². The van der Waals surface area contributed by atoms with Gasteiger partial charge in [-0.05, 0) is 12.8 Å². The van der Waals surface area contributed by atoms with Crippen molar-refractivity contribution in [1.29, 1.82) is 5.41 Å². The maximum atomic E-state index is 8.12. The van der Waals surface area contributed by atoms with Crippen LogP contribution >= 0.6 is 0 Å². The second-order valence-electron chi connectivity index (χ2n) is 4.83. The van der Waals surface area contributed by atoms with Gasteiger partial charge in [0.2, 0.25) is 0 Å². The molecular formula is C13H17N3. The SMILES string of the molecule is CC1(C)C=C(N)C(C(=N)C2=CCCC=N2)=C1. The predicted octanol–water partition coefficient (Wildman–Crippen LogP) is 2.56. The fraction of sp³-hybridized carbons (Fsp3) is 0.385. The molecule has 3 nitrogen and oxygen atoms in total. The van der Waals surface area contributed by atoms with Crippen molar-refractivity contribution in [3.8, 4) is 0 Å². The molecule has 2 rings (SSSR count). The predicted molar refractivity (Wildman–Crippen MR) is 67.7 cm³/mol. The number of nitrogens with two attached hydrogens (primary N) is 1. The molecule has 3 N–H and O–H groups in total. The molecule has 3 heteroatoms. The summed E-state index contributed by atoms with van der Waals surface area (Å²) >= 11 is 0. The van der Waals surface area contributed by atoms with Crippen LogP contribution in [0, 0.1) is 10.8 Å². The summed E-state index contributed by atoms with van der Waals surface area (Å²) in [6, 6.07) is 0. The van der Waals surface area contributed by atoms with Crippen molar-refractivity contribution in [1.82, 2.24) is 0 Å². The van der Waals surface area contributed by atoms with Crippen LogP contribution < -0.4 is 5.73 Å². The van der Waals surface area contributed by atoms with Crippen molar-refractivity contribution in [3.63, 3.8) is 0 Å². The third-order valence-electron chi connectivity index (χ3n) is 2.74. The highest BCUT2D eigenvalue weighted by Gasteiger charge is 2.25. The van der Waals surface area contributed by atoms with Crippen molar-refractivity contribution < 1.29 is 0 Å². The van der Waals surface area contributed by atoms with Crippen LogP contribution in [0.5, 0.6) is 0 Å². The van der Waals surface area contributed by atoms with Crippen LogP contribution in [0.25, 0.3) is 0 Å². The number of hydrogen-bond acceptors (Lipinski definition) is 3. The molecule has 0 saturated carbocycles. The first-order valence-corrected chi connectivity index (χ1v) is 5.53. The number of nitrogens with one attached hydrogen (secondary N) is 1. The molecule has 0 aromatic carbocycles. The Kier molecular flexibility index (Phi) is 2.54. The molecule has 2 aliphatic rings. The van der Waals surface area contributed by atoms with E-state index in [4.69, 9.17) is 11.1 Å². The van der Waals surface area contributed by atoms with Crippen molar-refractivity contribution in [2.45, 2.75) is 26.7 Å². The minimum Gasteiger partial charge on any atom is -0.398 e. The maximum absolute atomic E-state index is 8.12. The van der Waals surface area contributed by atoms with Crippen LogP contribution in [0.2, 0.25) is 0 Å². The molecule has 0 radical (unpaired) electrons. The Morgan fingerprint density at radius 2 is 2.12 bits per heavy atom. The van der Waals surface area contributed by atoms with E-state index in [1.807, 2.05) is 24.4 Å². The zero-order chi connectivity index (χ0) is 11.8. The molecule has 0 unspecified atom stereocenters. The molecule has 0 atom stereocenters. The van der Waals surface area contributed by atoms with Crippen LogP contribution in [0.15, 0.2) is 40.2 Å². The van der Waals surface area contributed by atoms with E-state index in [1.54, 1.807) is 0 Å². The Labute approximate surface area is 96.0 Å². The van der Waals surface area contributed by atoms with E-state index >= 15 is 0 Å². The van der Waals surface area contributed by atoms with Crippen molar-refractivity contribution >= 4 is 11.9 Å². The van der Waals surface area contributed by atoms with Crippen LogP contribution in [0.3, 0.4) is 0 Å². The van der Waals surface area contributed by atoms with Crippen LogP contribution in [-0.2, 0) is 0 Å². The summed E-state index contributed by atoms with van der Waals surface area (Å²) in [7, 11) is 0. The Morgan fingerprint density at radius 1 is 1.38 bits per heavy atom. The lowest BCUT2D eigenvalue weighted by Crippen LogP contribution is -2.11. The number of nitrogens with zero attached hydrogens (tertiary/aromatic N) is 1. The number of allylic oxidation sites excluding steroid dienone is 5. The first kappa shape index (κ1) is 10.9. The minimum atomic E-state index is -0.0509. The molecule has 1 aliphatic heterocycles. The molecule has 0 spiro atoms. The largest absolute Gasteiger partial charge is 0.398 e. The molecule has 0 aromatic heterocycles. The standard InChI is InChI=1S/C13H17N3/c1-13(2)7-9(10(14)8-13)12(15)11-5-3-4-6-16-11/h5-8,15H,3-4,14H2,1-2H3. The Morgan fingerprint density at radius 3 is 2.62 bits per heavy atom. The smallest absolute Gasteiger partial charge is 0.0882 e. The van der Waals surface area contributed by atoms with E-state index < -0.39 is 0 Å². The normalized spacial score (nSPS) is 22.5. The maximum Gasteiger partial charge on any atom is 0.0882 e. The van der Waals surface area contributed by atoms with Gasteiger partial charge in [0.15, 0.2) is 0 Å². The molecule has 0 saturated heterocycles. The van der Waals surface area contributed by atoms with Gasteiger partial charge < -0.3 is 5.73 Å². The van der Waals surface area contributed by atoms with E-state index in [0.717, 1.165) is 24.1 Å². The second-order valence-corrected chi connectivity index (χ2v) is 4.83. The molecule has 0 aromatic rings. The Hall–Kier alpha value is -1.64. The first-order chi connectivity index (χ1) is 7.49. The van der Waals surface area contributed by atoms with Gasteiger partial charge in [-0.25, -0.2) is 0 Å². The lowest BCUT2D eigenvalue weighted by Gasteiger charge is -2.11. The summed E-state index contributed by atoms with van der Waals surface area (Å²) in [5, 5.41) is 8.12. The third-order valence-corrected chi connectivity index (χ3v) is 2.74. The molecule has 84 valence electrons. The molecule has 16 heavy (non-hydrogen) atoms. The molecule has 0 bridgehead atoms. The third kappa shape index (κ3) is 1.98. The lowest BCUT2D eigenvalue weighted by atomic mass is 9.95. The second kappa shape index (κ2) is 3.74. The Bertz CT molecular complexity index is 448. The summed E-state index contributed by atoms with van der Waals surface area (Å²) < 4.78 is 0. The van der Waals surface area contributed by atoms with Gasteiger partial charge in [0, 0.05) is 22.9 Å². The summed E-state index contributed by atoms with van der Waals surface area (Å²) in [5.41, 5.74) is 8.57. The van der Waals surface area contributed by atoms with Gasteiger partial charge in [0.05, 0.1) is 11.4 Å². The monoisotopic (exact) mass is 215 g/mol. The molecule has 0 fully saturated rings. The quantitative estimate of drug-likeness (QED) is 0.683. The molecule has 1 heterocycles. The summed E-state index contributed by atoms with van der Waals surface area (Å²) in [6.45, 7) is 4.16. The van der Waals surface area contributed by atoms with Gasteiger partial charge in [-0.3, -0.25) is 10.4 Å². The first-order valence-electron chi connectivity index (χ1n) is 5.53. The minimum absolute atomic E-state index is 0.0509. The summed E-state index contributed by atoms with van der Waals surface area (Å²) in [4.78, 5) is 4.24. The molecule has 0 amide bonds. The van der Waals surface area contributed by atoms with Gasteiger partial charge in [-0.15, -0.1) is 0 Å². The van der Waals surface area contributed by atoms with Gasteiger partial charge in [0.1, 0.15) is 0 Å². The fourth-order valence-corrected chi connectivity index (χ4v) is 2.01. The highest BCUT2D eigenvalue weighted by atomic mass is 14.8. The highest BCUT2D eigenvalue weighted by Crippen LogP contribution is 2.33. The fourth-order valence-electron chi connectivity index (χ4n) is 2.01. The van der Waals surface area contributed by atoms with E-state index in [2.05, 4.69) is 18.8 Å². The number of aliphatic imine (C=N–C) groups is 1. The van der Waals surface area contributed by atoms with Crippen molar-refractivity contribution in [2.24, 2.45) is 16.1 Å². The van der Waals surface area contributed by atoms with Crippen LogP contribution in [0.4, 0.5) is 0 Å². The van der Waals surface area contributed by atoms with E-state index in [9.17, 15) is 0 Å². The Balaban J connectivity index is 2.28. The van der Waals surface area contributed by atoms with E-state index in [0.29, 0.717) is 11.4 Å². The molecular weight excluding hydrogens is 198 g/mol. The lowest BCUT2D eigenvalue weighted by molar-refractivity contribution is 0.634. The average Bonchev–Trinajstić information content (AvgIpc) is 2.52. The summed E-state index contributed by atoms with van der Waals surface area (Å²) in [5.74, 6) is 0. The highest BCUT2D eigenvalue weighted by molar-refractivity contribution is 6.14. The van der Waals surface area contributed by atoms with Gasteiger partial charge in [-0.1, -0.05) is 32.1 Å². The van der Waals surface area contributed by atoms with Gasteiger partial charge >= 0.3 is 0 Å². The topological polar surface area (TPSA) is 62.2 Å². The zero-order valence-electron chi connectivity index (χ0n) is 9.75. The summed E-state index contributed by atoms with van der Waals surface area (Å²) in [6.07, 6.45) is 9.82. The average molecular weight is 215 g/mol. The zero-order valence-corrected chi connectivity index (χ0v) is 9.75. The van der Waals surface area contributed by atoms with Gasteiger partial charge in [-0.2, -0.15) is 0 Å². The van der Waals surface area contributed by atoms with Crippen molar-refractivity contribution in [2.75, 3.05) is 0 Å². The van der Waals surface area contributed by atoms with Crippen LogP contribution in [-0.4, -0.2) is 11.9 Å². The number of hydrogen-bond donors (Lipinski definition) is 2. The van der Waals surface area contributed by atoms with Gasteiger partial charge in [0.25, 0.3) is 0 Å². The molecule has 1 aliphatic carbocycles. The van der Waals surface area contributed by atoms with E-state index in [-0.39, 0.29) is 5.41 Å². The van der Waals surface area contributed by atoms with Crippen LogP contribution in [0.1, 0.15) is 26.7 Å². The van der Waals surface area contributed by atoms with Crippen molar-refractivity contribution in [3.05, 3.63) is 35.2 Å².